The zero-order valence-corrected chi connectivity index (χ0v) is 9.96. The third-order valence-electron chi connectivity index (χ3n) is 1.95. The van der Waals surface area contributed by atoms with Gasteiger partial charge in [0.15, 0.2) is 6.10 Å². The van der Waals surface area contributed by atoms with Gasteiger partial charge in [-0.25, -0.2) is 4.79 Å². The SMILES string of the molecule is C[C@H](OS(=O)(=O)c1ccc([N+](=O)[O-])cc1)C(=O)O. The number of nitro groups is 1. The van der Waals surface area contributed by atoms with Gasteiger partial charge in [0.2, 0.25) is 0 Å². The maximum atomic E-state index is 11.6. The first-order chi connectivity index (χ1) is 8.24. The molecular formula is C9H9NO7S. The Morgan fingerprint density at radius 1 is 1.39 bits per heavy atom. The predicted octanol–water partition coefficient (Wildman–Crippen LogP) is 0.773. The van der Waals surface area contributed by atoms with Crippen molar-refractivity contribution in [3.8, 4) is 0 Å². The number of rotatable bonds is 5. The lowest BCUT2D eigenvalue weighted by molar-refractivity contribution is -0.384. The second-order valence-corrected chi connectivity index (χ2v) is 4.85. The molecule has 0 aliphatic carbocycles. The van der Waals surface area contributed by atoms with E-state index in [9.17, 15) is 23.3 Å². The van der Waals surface area contributed by atoms with E-state index in [2.05, 4.69) is 4.18 Å². The molecule has 0 spiro atoms. The highest BCUT2D eigenvalue weighted by molar-refractivity contribution is 7.86. The molecule has 0 fully saturated rings. The van der Waals surface area contributed by atoms with Crippen LogP contribution in [0.2, 0.25) is 0 Å². The number of hydrogen-bond acceptors (Lipinski definition) is 6. The monoisotopic (exact) mass is 275 g/mol. The van der Waals surface area contributed by atoms with Crippen molar-refractivity contribution in [3.05, 3.63) is 34.4 Å². The smallest absolute Gasteiger partial charge is 0.334 e. The van der Waals surface area contributed by atoms with Crippen LogP contribution in [0.4, 0.5) is 5.69 Å². The molecule has 0 radical (unpaired) electrons. The molecule has 1 aromatic rings. The van der Waals surface area contributed by atoms with Gasteiger partial charge in [-0.1, -0.05) is 0 Å². The number of carboxylic acids is 1. The summed E-state index contributed by atoms with van der Waals surface area (Å²) in [5.41, 5.74) is -0.278. The Kier molecular flexibility index (Phi) is 3.99. The molecule has 0 aliphatic heterocycles. The number of carboxylic acid groups (broad SMARTS) is 1. The molecule has 0 amide bonds. The molecule has 9 heteroatoms. The Bertz CT molecular complexity index is 563. The van der Waals surface area contributed by atoms with Crippen LogP contribution in [0.5, 0.6) is 0 Å². The van der Waals surface area contributed by atoms with E-state index < -0.39 is 27.1 Å². The average Bonchev–Trinajstić information content (AvgIpc) is 2.28. The molecule has 0 saturated carbocycles. The molecule has 0 aromatic heterocycles. The first-order valence-electron chi connectivity index (χ1n) is 4.64. The number of aliphatic carboxylic acids is 1. The van der Waals surface area contributed by atoms with Gasteiger partial charge in [0.1, 0.15) is 0 Å². The first kappa shape index (κ1) is 14.1. The van der Waals surface area contributed by atoms with E-state index in [-0.39, 0.29) is 10.6 Å². The standard InChI is InChI=1S/C9H9NO7S/c1-6(9(11)12)17-18(15,16)8-4-2-7(3-5-8)10(13)14/h2-6H,1H3,(H,11,12)/t6-/m0/s1. The highest BCUT2D eigenvalue weighted by atomic mass is 32.2. The van der Waals surface area contributed by atoms with Crippen molar-refractivity contribution < 1.29 is 27.4 Å². The second kappa shape index (κ2) is 5.10. The number of benzene rings is 1. The van der Waals surface area contributed by atoms with Crippen molar-refractivity contribution in [2.24, 2.45) is 0 Å². The Labute approximate surface area is 102 Å². The van der Waals surface area contributed by atoms with Crippen LogP contribution in [0.25, 0.3) is 0 Å². The molecule has 1 aromatic carbocycles. The van der Waals surface area contributed by atoms with Crippen LogP contribution in [-0.2, 0) is 19.1 Å². The molecule has 98 valence electrons. The number of nitro benzene ring substituents is 1. The summed E-state index contributed by atoms with van der Waals surface area (Å²) in [5, 5.41) is 18.9. The minimum absolute atomic E-state index is 0.278. The topological polar surface area (TPSA) is 124 Å². The summed E-state index contributed by atoms with van der Waals surface area (Å²) in [6, 6.07) is 3.92. The Morgan fingerprint density at radius 2 is 1.89 bits per heavy atom. The number of nitrogens with zero attached hydrogens (tertiary/aromatic N) is 1. The lowest BCUT2D eigenvalue weighted by atomic mass is 10.3. The lowest BCUT2D eigenvalue weighted by Gasteiger charge is -2.08. The van der Waals surface area contributed by atoms with Gasteiger partial charge in [0, 0.05) is 12.1 Å². The van der Waals surface area contributed by atoms with Crippen molar-refractivity contribution in [2.45, 2.75) is 17.9 Å². The Morgan fingerprint density at radius 3 is 2.28 bits per heavy atom. The summed E-state index contributed by atoms with van der Waals surface area (Å²) in [7, 11) is -4.25. The maximum Gasteiger partial charge on any atom is 0.334 e. The van der Waals surface area contributed by atoms with Crippen molar-refractivity contribution in [3.63, 3.8) is 0 Å². The van der Waals surface area contributed by atoms with Gasteiger partial charge in [-0.05, 0) is 19.1 Å². The van der Waals surface area contributed by atoms with Gasteiger partial charge >= 0.3 is 5.97 Å². The van der Waals surface area contributed by atoms with E-state index in [1.807, 2.05) is 0 Å². The molecule has 0 unspecified atom stereocenters. The Hall–Kier alpha value is -2.00. The van der Waals surface area contributed by atoms with E-state index in [1.54, 1.807) is 0 Å². The molecule has 1 N–H and O–H groups in total. The van der Waals surface area contributed by atoms with Gasteiger partial charge in [-0.3, -0.25) is 14.3 Å². The molecule has 0 bridgehead atoms. The normalized spacial score (nSPS) is 12.9. The van der Waals surface area contributed by atoms with E-state index in [0.29, 0.717) is 0 Å². The maximum absolute atomic E-state index is 11.6. The van der Waals surface area contributed by atoms with Gasteiger partial charge in [-0.15, -0.1) is 0 Å². The van der Waals surface area contributed by atoms with Crippen LogP contribution in [0.3, 0.4) is 0 Å². The third kappa shape index (κ3) is 3.25. The third-order valence-corrected chi connectivity index (χ3v) is 3.35. The molecular weight excluding hydrogens is 266 g/mol. The molecule has 18 heavy (non-hydrogen) atoms. The van der Waals surface area contributed by atoms with Crippen LogP contribution in [0.15, 0.2) is 29.2 Å². The fourth-order valence-corrected chi connectivity index (χ4v) is 2.06. The minimum Gasteiger partial charge on any atom is -0.479 e. The van der Waals surface area contributed by atoms with Crippen LogP contribution in [0.1, 0.15) is 6.92 Å². The molecule has 8 nitrogen and oxygen atoms in total. The molecule has 0 saturated heterocycles. The number of hydrogen-bond donors (Lipinski definition) is 1. The molecule has 0 aliphatic rings. The zero-order chi connectivity index (χ0) is 13.9. The fourth-order valence-electron chi connectivity index (χ4n) is 1.02. The van der Waals surface area contributed by atoms with Gasteiger partial charge < -0.3 is 5.11 Å². The van der Waals surface area contributed by atoms with E-state index in [4.69, 9.17) is 5.11 Å². The molecule has 0 heterocycles. The van der Waals surface area contributed by atoms with Crippen molar-refractivity contribution in [2.75, 3.05) is 0 Å². The van der Waals surface area contributed by atoms with Gasteiger partial charge in [0.25, 0.3) is 15.8 Å². The van der Waals surface area contributed by atoms with Crippen molar-refractivity contribution in [1.82, 2.24) is 0 Å². The summed E-state index contributed by atoms with van der Waals surface area (Å²) in [4.78, 5) is 19.8. The van der Waals surface area contributed by atoms with Crippen LogP contribution in [0, 0.1) is 10.1 Å². The summed E-state index contributed by atoms with van der Waals surface area (Å²) in [6.45, 7) is 1.06. The Balaban J connectivity index is 2.99. The number of non-ortho nitro benzene ring substituents is 1. The summed E-state index contributed by atoms with van der Waals surface area (Å²) in [6.07, 6.45) is -1.54. The largest absolute Gasteiger partial charge is 0.479 e. The fraction of sp³-hybridized carbons (Fsp3) is 0.222. The average molecular weight is 275 g/mol. The van der Waals surface area contributed by atoms with Crippen molar-refractivity contribution in [1.29, 1.82) is 0 Å². The van der Waals surface area contributed by atoms with Crippen LogP contribution in [-0.4, -0.2) is 30.5 Å². The highest BCUT2D eigenvalue weighted by Crippen LogP contribution is 2.18. The van der Waals surface area contributed by atoms with Crippen LogP contribution >= 0.6 is 0 Å². The molecule has 1 atom stereocenters. The van der Waals surface area contributed by atoms with Gasteiger partial charge in [-0.2, -0.15) is 8.42 Å². The van der Waals surface area contributed by atoms with Gasteiger partial charge in [0.05, 0.1) is 9.82 Å². The zero-order valence-electron chi connectivity index (χ0n) is 9.14. The molecule has 1 rings (SSSR count). The summed E-state index contributed by atoms with van der Waals surface area (Å²) < 4.78 is 27.5. The van der Waals surface area contributed by atoms with E-state index in [1.165, 1.54) is 0 Å². The summed E-state index contributed by atoms with van der Waals surface area (Å²) in [5.74, 6) is -1.43. The van der Waals surface area contributed by atoms with Crippen molar-refractivity contribution >= 4 is 21.8 Å². The van der Waals surface area contributed by atoms with E-state index >= 15 is 0 Å². The quantitative estimate of drug-likeness (QED) is 0.478. The highest BCUT2D eigenvalue weighted by Gasteiger charge is 2.23. The van der Waals surface area contributed by atoms with E-state index in [0.717, 1.165) is 31.2 Å². The number of carbonyl (C=O) groups is 1. The first-order valence-corrected chi connectivity index (χ1v) is 6.05. The second-order valence-electron chi connectivity index (χ2n) is 3.28. The summed E-state index contributed by atoms with van der Waals surface area (Å²) >= 11 is 0. The predicted molar refractivity (Wildman–Crippen MR) is 58.5 cm³/mol. The minimum atomic E-state index is -4.25. The van der Waals surface area contributed by atoms with Crippen LogP contribution < -0.4 is 0 Å². The lowest BCUT2D eigenvalue weighted by Crippen LogP contribution is -2.23.